The molecule has 9 nitrogen and oxygen atoms in total. The molecule has 0 aliphatic heterocycles. The van der Waals surface area contributed by atoms with E-state index in [9.17, 15) is 29.8 Å². The van der Waals surface area contributed by atoms with E-state index in [4.69, 9.17) is 4.74 Å². The summed E-state index contributed by atoms with van der Waals surface area (Å²) in [6, 6.07) is 3.13. The van der Waals surface area contributed by atoms with Gasteiger partial charge in [-0.1, -0.05) is 6.07 Å². The van der Waals surface area contributed by atoms with Crippen LogP contribution in [0.1, 0.15) is 30.6 Å². The predicted octanol–water partition coefficient (Wildman–Crippen LogP) is 2.03. The van der Waals surface area contributed by atoms with Crippen molar-refractivity contribution in [1.82, 2.24) is 0 Å². The van der Waals surface area contributed by atoms with Crippen molar-refractivity contribution in [1.29, 1.82) is 0 Å². The predicted molar refractivity (Wildman–Crippen MR) is 69.9 cm³/mol. The first-order valence-electron chi connectivity index (χ1n) is 5.88. The monoisotopic (exact) mass is 296 g/mol. The molecule has 1 rings (SSSR count). The molecular formula is C12H12N2O7. The van der Waals surface area contributed by atoms with Gasteiger partial charge in [0.1, 0.15) is 12.0 Å². The van der Waals surface area contributed by atoms with Crippen molar-refractivity contribution in [3.05, 3.63) is 44.0 Å². The molecule has 0 aliphatic rings. The van der Waals surface area contributed by atoms with Crippen LogP contribution in [0.2, 0.25) is 0 Å². The third-order valence-corrected chi connectivity index (χ3v) is 2.37. The topological polar surface area (TPSA) is 130 Å². The van der Waals surface area contributed by atoms with Crippen LogP contribution in [0, 0.1) is 20.2 Å². The van der Waals surface area contributed by atoms with Crippen molar-refractivity contribution < 1.29 is 24.2 Å². The van der Waals surface area contributed by atoms with Crippen LogP contribution in [0.4, 0.5) is 11.4 Å². The highest BCUT2D eigenvalue weighted by atomic mass is 16.6. The number of nitro benzene ring substituents is 2. The number of rotatable bonds is 6. The maximum atomic E-state index is 11.9. The molecule has 0 radical (unpaired) electrons. The zero-order valence-corrected chi connectivity index (χ0v) is 11.3. The number of Topliss-reactive ketones (excluding diaryl/α,β-unsaturated/α-hetero) is 1. The molecule has 9 heteroatoms. The minimum absolute atomic E-state index is 0.439. The van der Waals surface area contributed by atoms with E-state index >= 15 is 0 Å². The lowest BCUT2D eigenvalue weighted by Gasteiger charge is -2.07. The lowest BCUT2D eigenvalue weighted by Crippen LogP contribution is -2.16. The highest BCUT2D eigenvalue weighted by Crippen LogP contribution is 2.31. The molecule has 0 amide bonds. The summed E-state index contributed by atoms with van der Waals surface area (Å²) in [5.41, 5.74) is -2.22. The summed E-state index contributed by atoms with van der Waals surface area (Å²) in [7, 11) is 0. The van der Waals surface area contributed by atoms with Crippen LogP contribution in [0.5, 0.6) is 0 Å². The van der Waals surface area contributed by atoms with Crippen molar-refractivity contribution in [3.8, 4) is 0 Å². The fraction of sp³-hybridized carbons (Fsp3) is 0.333. The molecule has 0 spiro atoms. The molecule has 0 fully saturated rings. The molecule has 0 saturated carbocycles. The van der Waals surface area contributed by atoms with Gasteiger partial charge in [0.05, 0.1) is 16.0 Å². The summed E-state index contributed by atoms with van der Waals surface area (Å²) in [5.74, 6) is -1.76. The van der Waals surface area contributed by atoms with Crippen molar-refractivity contribution in [2.75, 3.05) is 0 Å². The van der Waals surface area contributed by atoms with Gasteiger partial charge in [-0.25, -0.2) is 0 Å². The standard InChI is InChI=1S/C12H12N2O7/c1-7(2)21-11(16)6-10(15)8-4-3-5-9(13(17)18)12(8)14(19)20/h3-5,7H,6H2,1-2H3. The number of benzene rings is 1. The van der Waals surface area contributed by atoms with Gasteiger partial charge >= 0.3 is 17.3 Å². The number of ketones is 1. The van der Waals surface area contributed by atoms with Gasteiger partial charge in [0.2, 0.25) is 0 Å². The first-order chi connectivity index (χ1) is 9.73. The molecule has 21 heavy (non-hydrogen) atoms. The SMILES string of the molecule is CC(C)OC(=O)CC(=O)c1cccc([N+](=O)[O-])c1[N+](=O)[O-]. The van der Waals surface area contributed by atoms with E-state index in [2.05, 4.69) is 0 Å². The average Bonchev–Trinajstić information content (AvgIpc) is 2.36. The number of hydrogen-bond acceptors (Lipinski definition) is 7. The summed E-state index contributed by atoms with van der Waals surface area (Å²) >= 11 is 0. The van der Waals surface area contributed by atoms with E-state index in [1.807, 2.05) is 0 Å². The van der Waals surface area contributed by atoms with E-state index < -0.39 is 51.1 Å². The van der Waals surface area contributed by atoms with Gasteiger partial charge in [-0.3, -0.25) is 29.8 Å². The minimum atomic E-state index is -1.01. The number of carbonyl (C=O) groups excluding carboxylic acids is 2. The van der Waals surface area contributed by atoms with Crippen LogP contribution in [0.15, 0.2) is 18.2 Å². The largest absolute Gasteiger partial charge is 0.463 e. The van der Waals surface area contributed by atoms with Crippen molar-refractivity contribution in [3.63, 3.8) is 0 Å². The second-order valence-corrected chi connectivity index (χ2v) is 4.33. The summed E-state index contributed by atoms with van der Waals surface area (Å²) in [6.45, 7) is 3.16. The normalized spacial score (nSPS) is 10.2. The Bertz CT molecular complexity index is 610. The average molecular weight is 296 g/mol. The molecule has 0 aromatic heterocycles. The van der Waals surface area contributed by atoms with Gasteiger partial charge < -0.3 is 4.74 Å². The Hall–Kier alpha value is -2.84. The van der Waals surface area contributed by atoms with Crippen molar-refractivity contribution in [2.45, 2.75) is 26.4 Å². The molecule has 0 saturated heterocycles. The number of esters is 1. The zero-order valence-electron chi connectivity index (χ0n) is 11.3. The number of nitrogens with zero attached hydrogens (tertiary/aromatic N) is 2. The molecule has 0 N–H and O–H groups in total. The fourth-order valence-electron chi connectivity index (χ4n) is 1.63. The van der Waals surface area contributed by atoms with E-state index in [0.717, 1.165) is 18.2 Å². The molecule has 0 unspecified atom stereocenters. The first kappa shape index (κ1) is 16.2. The summed E-state index contributed by atoms with van der Waals surface area (Å²) in [5, 5.41) is 21.7. The van der Waals surface area contributed by atoms with Gasteiger partial charge in [-0.15, -0.1) is 0 Å². The summed E-state index contributed by atoms with van der Waals surface area (Å²) in [4.78, 5) is 43.0. The molecule has 1 aromatic carbocycles. The molecule has 112 valence electrons. The van der Waals surface area contributed by atoms with E-state index in [0.29, 0.717) is 0 Å². The van der Waals surface area contributed by atoms with E-state index in [-0.39, 0.29) is 0 Å². The van der Waals surface area contributed by atoms with Crippen molar-refractivity contribution in [2.24, 2.45) is 0 Å². The number of nitro groups is 2. The van der Waals surface area contributed by atoms with Crippen LogP contribution in [0.25, 0.3) is 0 Å². The smallest absolute Gasteiger partial charge is 0.356 e. The maximum absolute atomic E-state index is 11.9. The Balaban J connectivity index is 3.15. The molecular weight excluding hydrogens is 284 g/mol. The second-order valence-electron chi connectivity index (χ2n) is 4.33. The molecule has 0 aliphatic carbocycles. The van der Waals surface area contributed by atoms with Gasteiger partial charge in [0.25, 0.3) is 0 Å². The Morgan fingerprint density at radius 1 is 1.19 bits per heavy atom. The first-order valence-corrected chi connectivity index (χ1v) is 5.88. The van der Waals surface area contributed by atoms with Gasteiger partial charge in [0, 0.05) is 6.07 Å². The fourth-order valence-corrected chi connectivity index (χ4v) is 1.63. The lowest BCUT2D eigenvalue weighted by atomic mass is 10.0. The number of para-hydroxylation sites is 1. The van der Waals surface area contributed by atoms with Gasteiger partial charge in [0.15, 0.2) is 5.78 Å². The van der Waals surface area contributed by atoms with Crippen LogP contribution < -0.4 is 0 Å². The summed E-state index contributed by atoms with van der Waals surface area (Å²) in [6.07, 6.45) is -1.16. The highest BCUT2D eigenvalue weighted by Gasteiger charge is 2.32. The lowest BCUT2D eigenvalue weighted by molar-refractivity contribution is -0.422. The van der Waals surface area contributed by atoms with Gasteiger partial charge in [-0.05, 0) is 19.9 Å². The van der Waals surface area contributed by atoms with Crippen LogP contribution >= 0.6 is 0 Å². The number of hydrogen-bond donors (Lipinski definition) is 0. The van der Waals surface area contributed by atoms with Crippen molar-refractivity contribution >= 4 is 23.1 Å². The molecule has 1 aromatic rings. The van der Waals surface area contributed by atoms with E-state index in [1.165, 1.54) is 0 Å². The van der Waals surface area contributed by atoms with Gasteiger partial charge in [-0.2, -0.15) is 0 Å². The Labute approximate surface area is 118 Å². The number of carbonyl (C=O) groups is 2. The second kappa shape index (κ2) is 6.55. The van der Waals surface area contributed by atoms with Crippen LogP contribution in [-0.4, -0.2) is 27.7 Å². The van der Waals surface area contributed by atoms with Crippen LogP contribution in [-0.2, 0) is 9.53 Å². The summed E-state index contributed by atoms with van der Waals surface area (Å²) < 4.78 is 4.76. The van der Waals surface area contributed by atoms with E-state index in [1.54, 1.807) is 13.8 Å². The van der Waals surface area contributed by atoms with Crippen LogP contribution in [0.3, 0.4) is 0 Å². The third kappa shape index (κ3) is 4.06. The molecule has 0 atom stereocenters. The molecule has 0 heterocycles. The Kier molecular flexibility index (Phi) is 5.06. The maximum Gasteiger partial charge on any atom is 0.356 e. The number of ether oxygens (including phenoxy) is 1. The minimum Gasteiger partial charge on any atom is -0.463 e. The third-order valence-electron chi connectivity index (χ3n) is 2.37. The molecule has 0 bridgehead atoms. The zero-order chi connectivity index (χ0) is 16.2. The Morgan fingerprint density at radius 3 is 2.29 bits per heavy atom. The highest BCUT2D eigenvalue weighted by molar-refractivity contribution is 6.09. The Morgan fingerprint density at radius 2 is 1.81 bits per heavy atom. The quantitative estimate of drug-likeness (QED) is 0.258.